The fraction of sp³-hybridized carbons (Fsp3) is 0.0385. The lowest BCUT2D eigenvalue weighted by atomic mass is 10.1. The quantitative estimate of drug-likeness (QED) is 0.307. The van der Waals surface area contributed by atoms with Crippen LogP contribution in [0.1, 0.15) is 16.8 Å². The number of rotatable bonds is 6. The van der Waals surface area contributed by atoms with Gasteiger partial charge < -0.3 is 10.4 Å². The molecule has 158 valence electrons. The number of nitrogens with one attached hydrogen (secondary N) is 1. The molecule has 0 aliphatic carbocycles. The lowest BCUT2D eigenvalue weighted by Crippen LogP contribution is -2.16. The van der Waals surface area contributed by atoms with Gasteiger partial charge in [0.1, 0.15) is 11.4 Å². The molecular formula is C26H20IN3O2. The predicted octanol–water partition coefficient (Wildman–Crippen LogP) is 5.81. The van der Waals surface area contributed by atoms with Crippen LogP contribution in [0.2, 0.25) is 0 Å². The molecule has 0 aliphatic heterocycles. The fourth-order valence-corrected chi connectivity index (χ4v) is 3.45. The number of carbonyl (C=O) groups is 1. The maximum Gasteiger partial charge on any atom is 0.230 e. The molecule has 1 heterocycles. The number of aromatic hydroxyl groups is 1. The molecule has 4 aromatic rings. The topological polar surface area (TPSA) is 75.1 Å². The van der Waals surface area contributed by atoms with Crippen molar-refractivity contribution in [1.82, 2.24) is 9.97 Å². The second-order valence-corrected chi connectivity index (χ2v) is 8.38. The van der Waals surface area contributed by atoms with Crippen molar-refractivity contribution >= 4 is 46.5 Å². The highest BCUT2D eigenvalue weighted by molar-refractivity contribution is 14.1. The average Bonchev–Trinajstić information content (AvgIpc) is 2.81. The monoisotopic (exact) mass is 533 g/mol. The summed E-state index contributed by atoms with van der Waals surface area (Å²) in [6.07, 6.45) is 5.64. The number of phenols is 1. The molecule has 0 saturated carbocycles. The molecule has 32 heavy (non-hydrogen) atoms. The minimum atomic E-state index is -0.160. The Morgan fingerprint density at radius 2 is 1.66 bits per heavy atom. The number of phenolic OH excluding ortho intramolecular Hbond substituents is 1. The second kappa shape index (κ2) is 10.2. The molecule has 1 amide bonds. The summed E-state index contributed by atoms with van der Waals surface area (Å²) in [5.74, 6) is 0.424. The molecule has 0 spiro atoms. The first-order valence-corrected chi connectivity index (χ1v) is 11.1. The van der Waals surface area contributed by atoms with Crippen molar-refractivity contribution in [2.75, 3.05) is 5.32 Å². The van der Waals surface area contributed by atoms with E-state index in [0.717, 1.165) is 20.3 Å². The predicted molar refractivity (Wildman–Crippen MR) is 136 cm³/mol. The molecule has 4 rings (SSSR count). The van der Waals surface area contributed by atoms with Gasteiger partial charge in [-0.2, -0.15) is 0 Å². The van der Waals surface area contributed by atoms with Crippen LogP contribution in [0.5, 0.6) is 5.75 Å². The van der Waals surface area contributed by atoms with Crippen LogP contribution in [-0.4, -0.2) is 21.0 Å². The third kappa shape index (κ3) is 5.79. The van der Waals surface area contributed by atoms with Crippen LogP contribution in [0, 0.1) is 3.57 Å². The number of halogens is 1. The Morgan fingerprint density at radius 1 is 0.938 bits per heavy atom. The summed E-state index contributed by atoms with van der Waals surface area (Å²) in [5, 5.41) is 12.4. The lowest BCUT2D eigenvalue weighted by molar-refractivity contribution is -0.115. The number of hydrogen-bond acceptors (Lipinski definition) is 4. The second-order valence-electron chi connectivity index (χ2n) is 7.13. The van der Waals surface area contributed by atoms with Gasteiger partial charge in [-0.05, 0) is 76.2 Å². The third-order valence-electron chi connectivity index (χ3n) is 4.73. The molecule has 0 atom stereocenters. The maximum absolute atomic E-state index is 12.7. The first-order chi connectivity index (χ1) is 15.6. The van der Waals surface area contributed by atoms with Gasteiger partial charge in [0, 0.05) is 9.13 Å². The van der Waals surface area contributed by atoms with E-state index < -0.39 is 0 Å². The van der Waals surface area contributed by atoms with Gasteiger partial charge in [0.15, 0.2) is 5.82 Å². The zero-order valence-electron chi connectivity index (χ0n) is 17.1. The molecule has 0 radical (unpaired) electrons. The van der Waals surface area contributed by atoms with Gasteiger partial charge in [0.25, 0.3) is 0 Å². The standard InChI is InChI=1S/C26H20IN3O2/c27-21-11-6-19(7-12-21)16-25(32)30-26-23(15-8-18-4-2-1-3-5-18)29-24(17-28-26)20-9-13-22(31)14-10-20/h1-15,17,31H,16H2,(H,28,30,32)/b15-8+. The van der Waals surface area contributed by atoms with E-state index in [-0.39, 0.29) is 18.1 Å². The van der Waals surface area contributed by atoms with Crippen LogP contribution in [0.3, 0.4) is 0 Å². The third-order valence-corrected chi connectivity index (χ3v) is 5.45. The first-order valence-electron chi connectivity index (χ1n) is 10.0. The largest absolute Gasteiger partial charge is 0.508 e. The van der Waals surface area contributed by atoms with Crippen LogP contribution in [0.25, 0.3) is 23.4 Å². The molecule has 1 aromatic heterocycles. The summed E-state index contributed by atoms with van der Waals surface area (Å²) in [5.41, 5.74) is 3.96. The number of hydrogen-bond donors (Lipinski definition) is 2. The summed E-state index contributed by atoms with van der Waals surface area (Å²) < 4.78 is 1.12. The zero-order chi connectivity index (χ0) is 22.3. The number of nitrogens with zero attached hydrogens (tertiary/aromatic N) is 2. The number of aromatic nitrogens is 2. The summed E-state index contributed by atoms with van der Waals surface area (Å²) in [4.78, 5) is 21.8. The van der Waals surface area contributed by atoms with Gasteiger partial charge in [-0.1, -0.05) is 48.5 Å². The molecule has 5 nitrogen and oxygen atoms in total. The Morgan fingerprint density at radius 3 is 2.38 bits per heavy atom. The van der Waals surface area contributed by atoms with Crippen molar-refractivity contribution in [3.05, 3.63) is 105 Å². The Labute approximate surface area is 200 Å². The van der Waals surface area contributed by atoms with Crippen LogP contribution >= 0.6 is 22.6 Å². The van der Waals surface area contributed by atoms with Crippen molar-refractivity contribution in [3.8, 4) is 17.0 Å². The van der Waals surface area contributed by atoms with E-state index in [9.17, 15) is 9.90 Å². The highest BCUT2D eigenvalue weighted by atomic mass is 127. The first kappa shape index (κ1) is 21.7. The van der Waals surface area contributed by atoms with Crippen molar-refractivity contribution in [2.45, 2.75) is 6.42 Å². The van der Waals surface area contributed by atoms with Crippen molar-refractivity contribution in [2.24, 2.45) is 0 Å². The summed E-state index contributed by atoms with van der Waals surface area (Å²) >= 11 is 2.24. The molecular weight excluding hydrogens is 513 g/mol. The van der Waals surface area contributed by atoms with E-state index in [2.05, 4.69) is 32.9 Å². The SMILES string of the molecule is O=C(Cc1ccc(I)cc1)Nc1ncc(-c2ccc(O)cc2)nc1/C=C/c1ccccc1. The Bertz CT molecular complexity index is 1240. The minimum absolute atomic E-state index is 0.160. The van der Waals surface area contributed by atoms with Crippen LogP contribution in [-0.2, 0) is 11.2 Å². The smallest absolute Gasteiger partial charge is 0.230 e. The molecule has 0 saturated heterocycles. The number of carbonyl (C=O) groups excluding carboxylic acids is 1. The minimum Gasteiger partial charge on any atom is -0.508 e. The summed E-state index contributed by atoms with van der Waals surface area (Å²) in [7, 11) is 0. The zero-order valence-corrected chi connectivity index (χ0v) is 19.2. The van der Waals surface area contributed by atoms with Gasteiger partial charge in [0.2, 0.25) is 5.91 Å². The van der Waals surface area contributed by atoms with Gasteiger partial charge in [-0.3, -0.25) is 4.79 Å². The summed E-state index contributed by atoms with van der Waals surface area (Å²) in [6, 6.07) is 24.5. The van der Waals surface area contributed by atoms with Gasteiger partial charge >= 0.3 is 0 Å². The van der Waals surface area contributed by atoms with Crippen molar-refractivity contribution < 1.29 is 9.90 Å². The lowest BCUT2D eigenvalue weighted by Gasteiger charge is -2.10. The molecule has 0 bridgehead atoms. The summed E-state index contributed by atoms with van der Waals surface area (Å²) in [6.45, 7) is 0. The van der Waals surface area contributed by atoms with Crippen LogP contribution in [0.4, 0.5) is 5.82 Å². The van der Waals surface area contributed by atoms with E-state index >= 15 is 0 Å². The normalized spacial score (nSPS) is 10.9. The highest BCUT2D eigenvalue weighted by Gasteiger charge is 2.11. The molecule has 2 N–H and O–H groups in total. The fourth-order valence-electron chi connectivity index (χ4n) is 3.09. The maximum atomic E-state index is 12.7. The Kier molecular flexibility index (Phi) is 6.91. The van der Waals surface area contributed by atoms with Crippen LogP contribution < -0.4 is 5.32 Å². The average molecular weight is 533 g/mol. The molecule has 0 fully saturated rings. The van der Waals surface area contributed by atoms with Crippen molar-refractivity contribution in [3.63, 3.8) is 0 Å². The van der Waals surface area contributed by atoms with Gasteiger partial charge in [-0.15, -0.1) is 0 Å². The van der Waals surface area contributed by atoms with Crippen molar-refractivity contribution in [1.29, 1.82) is 0 Å². The highest BCUT2D eigenvalue weighted by Crippen LogP contribution is 2.23. The van der Waals surface area contributed by atoms with Gasteiger partial charge in [0.05, 0.1) is 18.3 Å². The van der Waals surface area contributed by atoms with E-state index in [0.29, 0.717) is 17.2 Å². The van der Waals surface area contributed by atoms with E-state index in [1.807, 2.05) is 66.7 Å². The molecule has 3 aromatic carbocycles. The van der Waals surface area contributed by atoms with E-state index in [1.54, 1.807) is 30.5 Å². The molecule has 6 heteroatoms. The van der Waals surface area contributed by atoms with E-state index in [1.165, 1.54) is 0 Å². The molecule has 0 unspecified atom stereocenters. The molecule has 0 aliphatic rings. The number of amides is 1. The number of anilines is 1. The number of benzene rings is 3. The van der Waals surface area contributed by atoms with E-state index in [4.69, 9.17) is 4.98 Å². The Balaban J connectivity index is 1.62. The van der Waals surface area contributed by atoms with Crippen LogP contribution in [0.15, 0.2) is 85.1 Å². The Hall–Kier alpha value is -3.52. The van der Waals surface area contributed by atoms with Gasteiger partial charge in [-0.25, -0.2) is 9.97 Å².